The normalized spacial score (nSPS) is 10.1. The summed E-state index contributed by atoms with van der Waals surface area (Å²) in [6.45, 7) is 5.30. The number of nitrogens with two attached hydrogens (primary N) is 1. The summed E-state index contributed by atoms with van der Waals surface area (Å²) in [6.07, 6.45) is 3.79. The Bertz CT molecular complexity index is 282. The van der Waals surface area contributed by atoms with Crippen LogP contribution in [-0.2, 0) is 0 Å². The van der Waals surface area contributed by atoms with Crippen molar-refractivity contribution in [2.24, 2.45) is 0 Å². The highest BCUT2D eigenvalue weighted by Gasteiger charge is 1.95. The van der Waals surface area contributed by atoms with Crippen molar-refractivity contribution in [3.05, 3.63) is 23.8 Å². The first-order chi connectivity index (χ1) is 6.74. The predicted molar refractivity (Wildman–Crippen MR) is 63.6 cm³/mol. The van der Waals surface area contributed by atoms with Gasteiger partial charge in [0.2, 0.25) is 0 Å². The average molecular weight is 192 g/mol. The molecule has 0 aliphatic rings. The molecule has 14 heavy (non-hydrogen) atoms. The van der Waals surface area contributed by atoms with Crippen molar-refractivity contribution in [3.8, 4) is 0 Å². The van der Waals surface area contributed by atoms with E-state index in [-0.39, 0.29) is 0 Å². The van der Waals surface area contributed by atoms with Gasteiger partial charge in [-0.2, -0.15) is 0 Å². The topological polar surface area (TPSA) is 38.0 Å². The van der Waals surface area contributed by atoms with Crippen molar-refractivity contribution in [2.75, 3.05) is 17.6 Å². The van der Waals surface area contributed by atoms with Gasteiger partial charge in [-0.1, -0.05) is 19.8 Å². The van der Waals surface area contributed by atoms with Crippen LogP contribution in [0.4, 0.5) is 11.4 Å². The van der Waals surface area contributed by atoms with E-state index in [1.807, 2.05) is 19.1 Å². The fourth-order valence-electron chi connectivity index (χ4n) is 1.39. The fraction of sp³-hybridized carbons (Fsp3) is 0.500. The van der Waals surface area contributed by atoms with Crippen LogP contribution in [0.3, 0.4) is 0 Å². The lowest BCUT2D eigenvalue weighted by molar-refractivity contribution is 0.744. The van der Waals surface area contributed by atoms with Crippen LogP contribution in [0.25, 0.3) is 0 Å². The first-order valence-corrected chi connectivity index (χ1v) is 5.34. The predicted octanol–water partition coefficient (Wildman–Crippen LogP) is 3.18. The van der Waals surface area contributed by atoms with Crippen LogP contribution >= 0.6 is 0 Å². The van der Waals surface area contributed by atoms with Crippen LogP contribution in [0.15, 0.2) is 18.2 Å². The molecule has 0 saturated heterocycles. The number of unbranched alkanes of at least 4 members (excludes halogenated alkanes) is 2. The molecule has 0 radical (unpaired) electrons. The van der Waals surface area contributed by atoms with Crippen LogP contribution in [0.1, 0.15) is 31.7 Å². The second kappa shape index (κ2) is 5.53. The standard InChI is InChI=1S/C12H20N2/c1-3-4-5-8-14-11-6-7-12(13)10(2)9-11/h6-7,9,14H,3-5,8,13H2,1-2H3. The second-order valence-electron chi connectivity index (χ2n) is 3.71. The smallest absolute Gasteiger partial charge is 0.0345 e. The van der Waals surface area contributed by atoms with Gasteiger partial charge in [-0.25, -0.2) is 0 Å². The van der Waals surface area contributed by atoms with Gasteiger partial charge in [0.1, 0.15) is 0 Å². The summed E-state index contributed by atoms with van der Waals surface area (Å²) in [5.41, 5.74) is 8.92. The van der Waals surface area contributed by atoms with Crippen molar-refractivity contribution >= 4 is 11.4 Å². The number of rotatable bonds is 5. The molecule has 0 heterocycles. The lowest BCUT2D eigenvalue weighted by Gasteiger charge is -2.07. The van der Waals surface area contributed by atoms with Crippen LogP contribution < -0.4 is 11.1 Å². The second-order valence-corrected chi connectivity index (χ2v) is 3.71. The molecule has 1 aromatic carbocycles. The minimum absolute atomic E-state index is 0.865. The molecule has 0 saturated carbocycles. The molecule has 78 valence electrons. The highest BCUT2D eigenvalue weighted by Crippen LogP contribution is 2.16. The summed E-state index contributed by atoms with van der Waals surface area (Å²) in [5.74, 6) is 0. The molecule has 0 fully saturated rings. The highest BCUT2D eigenvalue weighted by atomic mass is 14.9. The van der Waals surface area contributed by atoms with Gasteiger partial charge in [0.05, 0.1) is 0 Å². The summed E-state index contributed by atoms with van der Waals surface area (Å²) < 4.78 is 0. The molecule has 3 N–H and O–H groups in total. The van der Waals surface area contributed by atoms with E-state index in [4.69, 9.17) is 5.73 Å². The maximum Gasteiger partial charge on any atom is 0.0345 e. The molecule has 0 bridgehead atoms. The first kappa shape index (κ1) is 10.9. The van der Waals surface area contributed by atoms with Crippen molar-refractivity contribution in [3.63, 3.8) is 0 Å². The van der Waals surface area contributed by atoms with E-state index >= 15 is 0 Å². The van der Waals surface area contributed by atoms with Gasteiger partial charge in [0.15, 0.2) is 0 Å². The third kappa shape index (κ3) is 3.29. The maximum atomic E-state index is 5.74. The largest absolute Gasteiger partial charge is 0.399 e. The van der Waals surface area contributed by atoms with Gasteiger partial charge in [-0.05, 0) is 37.1 Å². The van der Waals surface area contributed by atoms with Crippen molar-refractivity contribution in [1.82, 2.24) is 0 Å². The SMILES string of the molecule is CCCCCNc1ccc(N)c(C)c1. The number of hydrogen-bond acceptors (Lipinski definition) is 2. The Morgan fingerprint density at radius 3 is 2.71 bits per heavy atom. The lowest BCUT2D eigenvalue weighted by atomic mass is 10.2. The molecular weight excluding hydrogens is 172 g/mol. The van der Waals surface area contributed by atoms with E-state index in [1.165, 1.54) is 24.9 Å². The van der Waals surface area contributed by atoms with E-state index in [0.717, 1.165) is 17.8 Å². The average Bonchev–Trinajstić information content (AvgIpc) is 2.18. The van der Waals surface area contributed by atoms with Crippen LogP contribution in [0, 0.1) is 6.92 Å². The number of benzene rings is 1. The summed E-state index contributed by atoms with van der Waals surface area (Å²) in [6, 6.07) is 6.09. The van der Waals surface area contributed by atoms with Crippen molar-refractivity contribution < 1.29 is 0 Å². The Kier molecular flexibility index (Phi) is 4.30. The summed E-state index contributed by atoms with van der Waals surface area (Å²) in [5, 5.41) is 3.39. The number of nitrogen functional groups attached to an aromatic ring is 1. The molecule has 1 aromatic rings. The molecule has 0 amide bonds. The van der Waals surface area contributed by atoms with Gasteiger partial charge < -0.3 is 11.1 Å². The third-order valence-corrected chi connectivity index (χ3v) is 2.38. The van der Waals surface area contributed by atoms with Gasteiger partial charge in [0.25, 0.3) is 0 Å². The summed E-state index contributed by atoms with van der Waals surface area (Å²) in [7, 11) is 0. The molecule has 0 aromatic heterocycles. The number of nitrogens with one attached hydrogen (secondary N) is 1. The zero-order valence-corrected chi connectivity index (χ0v) is 9.14. The molecule has 2 nitrogen and oxygen atoms in total. The van der Waals surface area contributed by atoms with Gasteiger partial charge in [-0.3, -0.25) is 0 Å². The molecular formula is C12H20N2. The number of hydrogen-bond donors (Lipinski definition) is 2. The van der Waals surface area contributed by atoms with Crippen molar-refractivity contribution in [2.45, 2.75) is 33.1 Å². The Balaban J connectivity index is 2.39. The molecule has 0 aliphatic carbocycles. The number of anilines is 2. The summed E-state index contributed by atoms with van der Waals surface area (Å²) in [4.78, 5) is 0. The quantitative estimate of drug-likeness (QED) is 0.555. The molecule has 1 rings (SSSR count). The third-order valence-electron chi connectivity index (χ3n) is 2.38. The molecule has 0 unspecified atom stereocenters. The van der Waals surface area contributed by atoms with E-state index in [9.17, 15) is 0 Å². The van der Waals surface area contributed by atoms with Crippen LogP contribution in [-0.4, -0.2) is 6.54 Å². The van der Waals surface area contributed by atoms with Crippen molar-refractivity contribution in [1.29, 1.82) is 0 Å². The number of aryl methyl sites for hydroxylation is 1. The van der Waals surface area contributed by atoms with Gasteiger partial charge in [-0.15, -0.1) is 0 Å². The van der Waals surface area contributed by atoms with E-state index in [2.05, 4.69) is 18.3 Å². The minimum atomic E-state index is 0.865. The maximum absolute atomic E-state index is 5.74. The van der Waals surface area contributed by atoms with Gasteiger partial charge in [0, 0.05) is 17.9 Å². The Hall–Kier alpha value is -1.18. The molecule has 0 aliphatic heterocycles. The molecule has 0 atom stereocenters. The Morgan fingerprint density at radius 2 is 2.07 bits per heavy atom. The fourth-order valence-corrected chi connectivity index (χ4v) is 1.39. The molecule has 0 spiro atoms. The summed E-state index contributed by atoms with van der Waals surface area (Å²) >= 11 is 0. The Morgan fingerprint density at radius 1 is 1.29 bits per heavy atom. The van der Waals surface area contributed by atoms with E-state index in [1.54, 1.807) is 0 Å². The van der Waals surface area contributed by atoms with E-state index in [0.29, 0.717) is 0 Å². The zero-order chi connectivity index (χ0) is 10.4. The monoisotopic (exact) mass is 192 g/mol. The zero-order valence-electron chi connectivity index (χ0n) is 9.14. The molecule has 2 heteroatoms. The Labute approximate surface area is 86.5 Å². The van der Waals surface area contributed by atoms with Gasteiger partial charge >= 0.3 is 0 Å². The van der Waals surface area contributed by atoms with Crippen LogP contribution in [0.5, 0.6) is 0 Å². The van der Waals surface area contributed by atoms with E-state index < -0.39 is 0 Å². The minimum Gasteiger partial charge on any atom is -0.399 e. The lowest BCUT2D eigenvalue weighted by Crippen LogP contribution is -2.01. The highest BCUT2D eigenvalue weighted by molar-refractivity contribution is 5.56. The first-order valence-electron chi connectivity index (χ1n) is 5.34. The van der Waals surface area contributed by atoms with Crippen LogP contribution in [0.2, 0.25) is 0 Å².